The van der Waals surface area contributed by atoms with Crippen LogP contribution in [0.5, 0.6) is 0 Å². The molecule has 2 aliphatic heterocycles. The molecule has 0 saturated carbocycles. The van der Waals surface area contributed by atoms with Crippen LogP contribution >= 0.6 is 0 Å². The van der Waals surface area contributed by atoms with Crippen molar-refractivity contribution in [2.75, 3.05) is 58.7 Å². The van der Waals surface area contributed by atoms with Crippen LogP contribution in [0.15, 0.2) is 24.3 Å². The summed E-state index contributed by atoms with van der Waals surface area (Å²) < 4.78 is 47.2. The number of halogens is 1. The lowest BCUT2D eigenvalue weighted by Crippen LogP contribution is -2.62. The fourth-order valence-corrected chi connectivity index (χ4v) is 5.06. The largest absolute Gasteiger partial charge is 0.379 e. The number of hydrogen-bond donors (Lipinski definition) is 1. The molecule has 3 rings (SSSR count). The summed E-state index contributed by atoms with van der Waals surface area (Å²) in [5, 5.41) is 0. The predicted molar refractivity (Wildman–Crippen MR) is 104 cm³/mol. The third-order valence-corrected chi connectivity index (χ3v) is 7.14. The number of aryl methyl sites for hydroxylation is 1. The van der Waals surface area contributed by atoms with Crippen LogP contribution in [0.25, 0.3) is 0 Å². The Morgan fingerprint density at radius 2 is 1.81 bits per heavy atom. The molecule has 2 aliphatic rings. The van der Waals surface area contributed by atoms with Gasteiger partial charge in [-0.3, -0.25) is 4.90 Å². The van der Waals surface area contributed by atoms with Crippen molar-refractivity contribution in [2.45, 2.75) is 24.8 Å². The number of likely N-dealkylation sites (tertiary alicyclic amines) is 1. The van der Waals surface area contributed by atoms with E-state index in [1.807, 2.05) is 0 Å². The zero-order valence-corrected chi connectivity index (χ0v) is 16.8. The van der Waals surface area contributed by atoms with Crippen LogP contribution in [0, 0.1) is 5.82 Å². The van der Waals surface area contributed by atoms with Crippen LogP contribution in [0.1, 0.15) is 18.4 Å². The van der Waals surface area contributed by atoms with Gasteiger partial charge in [0, 0.05) is 25.2 Å². The van der Waals surface area contributed by atoms with E-state index < -0.39 is 10.0 Å². The minimum atomic E-state index is -3.47. The van der Waals surface area contributed by atoms with Crippen molar-refractivity contribution in [3.05, 3.63) is 35.6 Å². The molecule has 0 aromatic heterocycles. The monoisotopic (exact) mass is 399 g/mol. The summed E-state index contributed by atoms with van der Waals surface area (Å²) in [6, 6.07) is 6.33. The molecule has 1 N–H and O–H groups in total. The Labute approximate surface area is 161 Å². The third-order valence-electron chi connectivity index (χ3n) is 5.82. The van der Waals surface area contributed by atoms with E-state index in [2.05, 4.69) is 21.6 Å². The van der Waals surface area contributed by atoms with Gasteiger partial charge in [-0.15, -0.1) is 0 Å². The molecule has 0 amide bonds. The molecule has 6 nitrogen and oxygen atoms in total. The number of morpholine rings is 1. The number of nitrogens with zero attached hydrogens (tertiary/aromatic N) is 2. The molecule has 2 fully saturated rings. The van der Waals surface area contributed by atoms with E-state index >= 15 is 0 Å². The van der Waals surface area contributed by atoms with Gasteiger partial charge in [-0.1, -0.05) is 18.2 Å². The Kier molecular flexibility index (Phi) is 6.86. The highest BCUT2D eigenvalue weighted by Gasteiger charge is 2.40. The lowest BCUT2D eigenvalue weighted by atomic mass is 9.85. The topological polar surface area (TPSA) is 61.9 Å². The maximum Gasteiger partial charge on any atom is 0.211 e. The lowest BCUT2D eigenvalue weighted by molar-refractivity contribution is -0.0427. The number of nitrogens with one attached hydrogen (secondary N) is 1. The van der Waals surface area contributed by atoms with Crippen molar-refractivity contribution >= 4 is 10.0 Å². The van der Waals surface area contributed by atoms with Crippen molar-refractivity contribution in [3.8, 4) is 0 Å². The Bertz CT molecular complexity index is 715. The Morgan fingerprint density at radius 3 is 2.48 bits per heavy atom. The molecule has 0 aliphatic carbocycles. The van der Waals surface area contributed by atoms with Crippen molar-refractivity contribution in [2.24, 2.45) is 0 Å². The molecular weight excluding hydrogens is 369 g/mol. The van der Waals surface area contributed by atoms with Crippen LogP contribution in [0.3, 0.4) is 0 Å². The van der Waals surface area contributed by atoms with E-state index in [9.17, 15) is 12.8 Å². The van der Waals surface area contributed by atoms with Crippen molar-refractivity contribution in [1.29, 1.82) is 0 Å². The van der Waals surface area contributed by atoms with Gasteiger partial charge in [0.1, 0.15) is 5.82 Å². The van der Waals surface area contributed by atoms with Gasteiger partial charge in [0.05, 0.1) is 19.0 Å². The highest BCUT2D eigenvalue weighted by molar-refractivity contribution is 7.89. The molecule has 0 bridgehead atoms. The van der Waals surface area contributed by atoms with E-state index in [0.29, 0.717) is 25.3 Å². The number of sulfonamides is 1. The molecule has 0 unspecified atom stereocenters. The third kappa shape index (κ3) is 5.48. The molecule has 152 valence electrons. The second kappa shape index (κ2) is 8.96. The maximum atomic E-state index is 13.7. The smallest absolute Gasteiger partial charge is 0.211 e. The van der Waals surface area contributed by atoms with Gasteiger partial charge in [0.15, 0.2) is 0 Å². The summed E-state index contributed by atoms with van der Waals surface area (Å²) in [5.74, 6) is -0.458. The van der Waals surface area contributed by atoms with Gasteiger partial charge >= 0.3 is 0 Å². The summed E-state index contributed by atoms with van der Waals surface area (Å²) in [6.45, 7) is 5.36. The summed E-state index contributed by atoms with van der Waals surface area (Å²) in [5.41, 5.74) is 0.270. The van der Waals surface area contributed by atoms with Gasteiger partial charge in [0.2, 0.25) is 10.0 Å². The summed E-state index contributed by atoms with van der Waals surface area (Å²) in [6.07, 6.45) is 2.04. The van der Waals surface area contributed by atoms with Crippen LogP contribution < -0.4 is 4.72 Å². The van der Waals surface area contributed by atoms with E-state index in [0.717, 1.165) is 39.0 Å². The Balaban J connectivity index is 1.62. The lowest BCUT2D eigenvalue weighted by Gasteiger charge is -2.49. The molecule has 0 spiro atoms. The first-order valence-corrected chi connectivity index (χ1v) is 11.3. The number of hydrogen-bond acceptors (Lipinski definition) is 5. The number of rotatable bonds is 7. The first-order valence-electron chi connectivity index (χ1n) is 9.62. The van der Waals surface area contributed by atoms with Crippen LogP contribution in [0.2, 0.25) is 0 Å². The molecular formula is C19H30FN3O3S. The second-order valence-corrected chi connectivity index (χ2v) is 9.53. The minimum absolute atomic E-state index is 0.104. The van der Waals surface area contributed by atoms with Crippen molar-refractivity contribution in [1.82, 2.24) is 14.5 Å². The number of ether oxygens (including phenoxy) is 1. The molecule has 8 heteroatoms. The van der Waals surface area contributed by atoms with E-state index in [4.69, 9.17) is 4.74 Å². The maximum absolute atomic E-state index is 13.7. The van der Waals surface area contributed by atoms with Crippen LogP contribution in [0.4, 0.5) is 4.39 Å². The minimum Gasteiger partial charge on any atom is -0.379 e. The molecule has 27 heavy (non-hydrogen) atoms. The van der Waals surface area contributed by atoms with E-state index in [-0.39, 0.29) is 23.5 Å². The fourth-order valence-electron chi connectivity index (χ4n) is 3.94. The molecule has 0 atom stereocenters. The van der Waals surface area contributed by atoms with Gasteiger partial charge in [-0.2, -0.15) is 0 Å². The highest BCUT2D eigenvalue weighted by Crippen LogP contribution is 2.29. The van der Waals surface area contributed by atoms with Crippen LogP contribution in [-0.4, -0.2) is 82.5 Å². The number of benzene rings is 1. The molecule has 1 aromatic rings. The molecule has 0 radical (unpaired) electrons. The summed E-state index contributed by atoms with van der Waals surface area (Å²) in [4.78, 5) is 4.67. The zero-order valence-electron chi connectivity index (χ0n) is 16.0. The standard InChI is InChI=1S/C19H30FN3O3S/c1-22-9-7-19(8-10-22,23-11-13-26-14-12-23)16-21-27(24,25)15-6-17-4-2-3-5-18(17)20/h2-5,21H,6-16H2,1H3. The summed E-state index contributed by atoms with van der Waals surface area (Å²) >= 11 is 0. The SMILES string of the molecule is CN1CCC(CNS(=O)(=O)CCc2ccccc2F)(N2CCOCC2)CC1. The van der Waals surface area contributed by atoms with Crippen molar-refractivity contribution < 1.29 is 17.5 Å². The van der Waals surface area contributed by atoms with E-state index in [1.54, 1.807) is 18.2 Å². The molecule has 2 heterocycles. The Morgan fingerprint density at radius 1 is 1.15 bits per heavy atom. The predicted octanol–water partition coefficient (Wildman–Crippen LogP) is 1.08. The Hall–Kier alpha value is -1.06. The average molecular weight is 400 g/mol. The normalized spacial score (nSPS) is 22.0. The highest BCUT2D eigenvalue weighted by atomic mass is 32.2. The first kappa shape index (κ1) is 20.7. The van der Waals surface area contributed by atoms with Gasteiger partial charge in [0.25, 0.3) is 0 Å². The van der Waals surface area contributed by atoms with E-state index in [1.165, 1.54) is 6.07 Å². The summed E-state index contributed by atoms with van der Waals surface area (Å²) in [7, 11) is -1.38. The number of piperidine rings is 1. The van der Waals surface area contributed by atoms with Gasteiger partial charge in [-0.05, 0) is 51.0 Å². The van der Waals surface area contributed by atoms with Crippen molar-refractivity contribution in [3.63, 3.8) is 0 Å². The quantitative estimate of drug-likeness (QED) is 0.744. The molecule has 1 aromatic carbocycles. The van der Waals surface area contributed by atoms with Gasteiger partial charge in [-0.25, -0.2) is 17.5 Å². The second-order valence-electron chi connectivity index (χ2n) is 7.61. The average Bonchev–Trinajstić information content (AvgIpc) is 2.68. The van der Waals surface area contributed by atoms with Crippen LogP contribution in [-0.2, 0) is 21.2 Å². The first-order chi connectivity index (χ1) is 12.9. The molecule has 2 saturated heterocycles. The fraction of sp³-hybridized carbons (Fsp3) is 0.684. The zero-order chi connectivity index (χ0) is 19.3. The van der Waals surface area contributed by atoms with Gasteiger partial charge < -0.3 is 9.64 Å².